The van der Waals surface area contributed by atoms with E-state index >= 15 is 0 Å². The molecule has 2 heterocycles. The quantitative estimate of drug-likeness (QED) is 0.164. The van der Waals surface area contributed by atoms with Crippen LogP contribution >= 0.6 is 8.58 Å². The molecular formula is C34H36N3P. The highest BCUT2D eigenvalue weighted by Gasteiger charge is 2.10. The van der Waals surface area contributed by atoms with Crippen molar-refractivity contribution in [3.8, 4) is 5.69 Å². The molecule has 0 fully saturated rings. The Labute approximate surface area is 228 Å². The van der Waals surface area contributed by atoms with Gasteiger partial charge in [-0.3, -0.25) is 0 Å². The number of aromatic nitrogens is 1. The highest BCUT2D eigenvalue weighted by atomic mass is 31.1. The highest BCUT2D eigenvalue weighted by Crippen LogP contribution is 2.32. The van der Waals surface area contributed by atoms with E-state index < -0.39 is 0 Å². The number of allylic oxidation sites excluding steroid dienone is 7. The van der Waals surface area contributed by atoms with Gasteiger partial charge in [-0.15, -0.1) is 0 Å². The van der Waals surface area contributed by atoms with Crippen LogP contribution in [0.4, 0.5) is 0 Å². The Morgan fingerprint density at radius 3 is 2.24 bits per heavy atom. The van der Waals surface area contributed by atoms with E-state index in [2.05, 4.69) is 130 Å². The lowest BCUT2D eigenvalue weighted by Gasteiger charge is -2.08. The first kappa shape index (κ1) is 27.2. The van der Waals surface area contributed by atoms with Gasteiger partial charge in [-0.05, 0) is 54.1 Å². The van der Waals surface area contributed by atoms with Gasteiger partial charge in [0, 0.05) is 34.8 Å². The Balaban J connectivity index is 0.00000164. The zero-order valence-corrected chi connectivity index (χ0v) is 23.5. The van der Waals surface area contributed by atoms with Gasteiger partial charge in [-0.25, -0.2) is 9.98 Å². The maximum absolute atomic E-state index is 4.28. The SMILES string of the molecule is CC.CC/C=C(\C=C/Cc1ccc(-n2c3ccccc3c3ccccc32)cc1)P/C=C\C=C1/CC=NC=N1. The van der Waals surface area contributed by atoms with Crippen LogP contribution < -0.4 is 0 Å². The molecule has 0 saturated heterocycles. The second-order valence-electron chi connectivity index (χ2n) is 8.65. The lowest BCUT2D eigenvalue weighted by Crippen LogP contribution is -1.94. The highest BCUT2D eigenvalue weighted by molar-refractivity contribution is 7.46. The fraction of sp³-hybridized carbons (Fsp3) is 0.176. The molecule has 0 radical (unpaired) electrons. The number of aliphatic imine (C=N–C) groups is 2. The number of fused-ring (bicyclic) bond motifs is 3. The van der Waals surface area contributed by atoms with E-state index in [1.54, 1.807) is 6.34 Å². The van der Waals surface area contributed by atoms with Crippen molar-refractivity contribution in [2.75, 3.05) is 0 Å². The number of rotatable bonds is 8. The smallest absolute Gasteiger partial charge is 0.115 e. The fourth-order valence-electron chi connectivity index (χ4n) is 4.47. The van der Waals surface area contributed by atoms with Gasteiger partial charge in [-0.1, -0.05) is 108 Å². The standard InChI is InChI=1S/C32H30N3P.C2H6/c1-2-9-28(36-23-8-11-26-21-22-33-24-34-26)12-7-10-25-17-19-27(20-18-25)35-31-15-5-3-13-29(31)30-14-4-6-16-32(30)35;1-2/h3-9,11-20,22-24,36H,2,10,21H2,1H3;1-2H3/b12-7-,23-8-,26-11+,28-9+;. The van der Waals surface area contributed by atoms with Gasteiger partial charge < -0.3 is 4.57 Å². The summed E-state index contributed by atoms with van der Waals surface area (Å²) in [6.45, 7) is 6.19. The third-order valence-electron chi connectivity index (χ3n) is 6.18. The van der Waals surface area contributed by atoms with Crippen molar-refractivity contribution in [2.24, 2.45) is 9.98 Å². The molecule has 0 bridgehead atoms. The van der Waals surface area contributed by atoms with Gasteiger partial charge in [0.15, 0.2) is 0 Å². The number of hydrogen-bond donors (Lipinski definition) is 0. The van der Waals surface area contributed by atoms with Gasteiger partial charge in [-0.2, -0.15) is 0 Å². The average molecular weight is 518 g/mol. The molecule has 192 valence electrons. The van der Waals surface area contributed by atoms with Crippen LogP contribution in [0.3, 0.4) is 0 Å². The summed E-state index contributed by atoms with van der Waals surface area (Å²) in [5, 5.41) is 3.95. The van der Waals surface area contributed by atoms with E-state index in [0.717, 1.165) is 25.0 Å². The Morgan fingerprint density at radius 2 is 1.61 bits per heavy atom. The van der Waals surface area contributed by atoms with Crippen molar-refractivity contribution in [3.05, 3.63) is 126 Å². The summed E-state index contributed by atoms with van der Waals surface area (Å²) in [5.41, 5.74) is 6.04. The van der Waals surface area contributed by atoms with Crippen LogP contribution in [-0.2, 0) is 6.42 Å². The minimum Gasteiger partial charge on any atom is -0.309 e. The summed E-state index contributed by atoms with van der Waals surface area (Å²) in [5.74, 6) is 2.22. The van der Waals surface area contributed by atoms with Crippen molar-refractivity contribution in [3.63, 3.8) is 0 Å². The molecule has 0 aliphatic carbocycles. The van der Waals surface area contributed by atoms with Crippen LogP contribution in [0.15, 0.2) is 130 Å². The minimum atomic E-state index is 0.643. The Kier molecular flexibility index (Phi) is 10.2. The summed E-state index contributed by atoms with van der Waals surface area (Å²) in [6, 6.07) is 26.2. The topological polar surface area (TPSA) is 29.6 Å². The molecule has 1 aromatic heterocycles. The lowest BCUT2D eigenvalue weighted by atomic mass is 10.1. The Morgan fingerprint density at radius 1 is 0.921 bits per heavy atom. The van der Waals surface area contributed by atoms with Gasteiger partial charge in [0.05, 0.1) is 11.0 Å². The van der Waals surface area contributed by atoms with Crippen molar-refractivity contribution in [1.82, 2.24) is 4.57 Å². The Hall–Kier alpha value is -3.81. The molecule has 3 aromatic carbocycles. The molecule has 5 rings (SSSR count). The molecule has 1 aliphatic rings. The van der Waals surface area contributed by atoms with Crippen molar-refractivity contribution in [1.29, 1.82) is 0 Å². The van der Waals surface area contributed by atoms with Gasteiger partial charge >= 0.3 is 0 Å². The third kappa shape index (κ3) is 6.73. The van der Waals surface area contributed by atoms with E-state index in [0.29, 0.717) is 8.58 Å². The molecule has 1 atom stereocenters. The predicted octanol–water partition coefficient (Wildman–Crippen LogP) is 9.78. The van der Waals surface area contributed by atoms with Crippen LogP contribution in [-0.4, -0.2) is 17.1 Å². The van der Waals surface area contributed by atoms with Crippen LogP contribution in [0, 0.1) is 0 Å². The maximum Gasteiger partial charge on any atom is 0.115 e. The van der Waals surface area contributed by atoms with Gasteiger partial charge in [0.25, 0.3) is 0 Å². The molecule has 1 unspecified atom stereocenters. The molecular weight excluding hydrogens is 481 g/mol. The number of para-hydroxylation sites is 2. The zero-order chi connectivity index (χ0) is 26.6. The summed E-state index contributed by atoms with van der Waals surface area (Å²) >= 11 is 0. The van der Waals surface area contributed by atoms with Crippen LogP contribution in [0.1, 0.15) is 39.2 Å². The molecule has 0 spiro atoms. The summed E-state index contributed by atoms with van der Waals surface area (Å²) in [7, 11) is 0.643. The molecule has 0 saturated carbocycles. The fourth-order valence-corrected chi connectivity index (χ4v) is 5.39. The third-order valence-corrected chi connectivity index (χ3v) is 7.24. The van der Waals surface area contributed by atoms with Crippen LogP contribution in [0.25, 0.3) is 27.5 Å². The molecule has 1 aliphatic heterocycles. The molecule has 0 N–H and O–H groups in total. The maximum atomic E-state index is 4.28. The first-order valence-electron chi connectivity index (χ1n) is 13.4. The summed E-state index contributed by atoms with van der Waals surface area (Å²) in [4.78, 5) is 8.29. The van der Waals surface area contributed by atoms with Gasteiger partial charge in [0.2, 0.25) is 0 Å². The van der Waals surface area contributed by atoms with E-state index in [4.69, 9.17) is 0 Å². The number of nitrogens with zero attached hydrogens (tertiary/aromatic N) is 3. The minimum absolute atomic E-state index is 0.643. The van der Waals surface area contributed by atoms with Crippen LogP contribution in [0.5, 0.6) is 0 Å². The predicted molar refractivity (Wildman–Crippen MR) is 170 cm³/mol. The summed E-state index contributed by atoms with van der Waals surface area (Å²) < 4.78 is 2.36. The van der Waals surface area contributed by atoms with E-state index in [1.165, 1.54) is 38.4 Å². The van der Waals surface area contributed by atoms with Gasteiger partial charge in [0.1, 0.15) is 6.34 Å². The largest absolute Gasteiger partial charge is 0.309 e. The monoisotopic (exact) mass is 517 g/mol. The normalized spacial score (nSPS) is 15.0. The zero-order valence-electron chi connectivity index (χ0n) is 22.5. The van der Waals surface area contributed by atoms with Crippen molar-refractivity contribution < 1.29 is 0 Å². The summed E-state index contributed by atoms with van der Waals surface area (Å²) in [6.07, 6.45) is 17.3. The van der Waals surface area contributed by atoms with E-state index in [9.17, 15) is 0 Å². The average Bonchev–Trinajstić information content (AvgIpc) is 3.32. The number of hydrogen-bond acceptors (Lipinski definition) is 2. The number of benzene rings is 3. The molecule has 0 amide bonds. The molecule has 3 nitrogen and oxygen atoms in total. The second kappa shape index (κ2) is 14.2. The molecule has 4 heteroatoms. The first-order chi connectivity index (χ1) is 18.8. The van der Waals surface area contributed by atoms with Crippen molar-refractivity contribution in [2.45, 2.75) is 40.0 Å². The second-order valence-corrected chi connectivity index (χ2v) is 9.85. The van der Waals surface area contributed by atoms with Crippen molar-refractivity contribution >= 4 is 42.9 Å². The van der Waals surface area contributed by atoms with E-state index in [-0.39, 0.29) is 0 Å². The van der Waals surface area contributed by atoms with E-state index in [1.807, 2.05) is 20.1 Å². The molecule has 38 heavy (non-hydrogen) atoms. The lowest BCUT2D eigenvalue weighted by molar-refractivity contribution is 1.16. The Bertz CT molecular complexity index is 1480. The van der Waals surface area contributed by atoms with Crippen LogP contribution in [0.2, 0.25) is 0 Å². The molecule has 4 aromatic rings. The first-order valence-corrected chi connectivity index (χ1v) is 14.5.